The van der Waals surface area contributed by atoms with Gasteiger partial charge in [-0.25, -0.2) is 4.79 Å². The topological polar surface area (TPSA) is 185 Å². The van der Waals surface area contributed by atoms with E-state index in [2.05, 4.69) is 13.8 Å². The van der Waals surface area contributed by atoms with Gasteiger partial charge in [-0.3, -0.25) is 0 Å². The van der Waals surface area contributed by atoms with Gasteiger partial charge in [0, 0.05) is 17.9 Å². The summed E-state index contributed by atoms with van der Waals surface area (Å²) in [4.78, 5) is 11.9. The van der Waals surface area contributed by atoms with Gasteiger partial charge >= 0.3 is 5.97 Å². The molecule has 0 aromatic heterocycles. The summed E-state index contributed by atoms with van der Waals surface area (Å²) >= 11 is 0. The maximum Gasteiger partial charge on any atom is 0.331 e. The summed E-state index contributed by atoms with van der Waals surface area (Å²) in [5.41, 5.74) is 0.164. The predicted octanol–water partition coefficient (Wildman–Crippen LogP) is 1.31. The molecule has 17 atom stereocenters. The lowest BCUT2D eigenvalue weighted by atomic mass is 9.43. The molecule has 0 unspecified atom stereocenters. The number of cyclic esters (lactones) is 1. The number of fused-ring (bicyclic) bond motifs is 5. The van der Waals surface area contributed by atoms with Gasteiger partial charge in [0.05, 0.1) is 30.5 Å². The summed E-state index contributed by atoms with van der Waals surface area (Å²) in [6, 6.07) is 0. The quantitative estimate of drug-likeness (QED) is 0.177. The summed E-state index contributed by atoms with van der Waals surface area (Å²) in [7, 11) is 0. The Hall–Kier alpha value is -1.19. The monoisotopic (exact) mass is 666 g/mol. The second-order valence-corrected chi connectivity index (χ2v) is 16.2. The molecule has 47 heavy (non-hydrogen) atoms. The molecule has 12 heteroatoms. The van der Waals surface area contributed by atoms with Crippen molar-refractivity contribution < 1.29 is 59.1 Å². The molecule has 6 N–H and O–H groups in total. The third-order valence-corrected chi connectivity index (χ3v) is 14.1. The van der Waals surface area contributed by atoms with E-state index in [1.165, 1.54) is 0 Å². The van der Waals surface area contributed by atoms with Crippen LogP contribution in [0.2, 0.25) is 0 Å². The molecule has 12 nitrogen and oxygen atoms in total. The number of carbonyl (C=O) groups excluding carboxylic acids is 1. The first-order chi connectivity index (χ1) is 22.3. The van der Waals surface area contributed by atoms with E-state index in [1.54, 1.807) is 13.0 Å². The molecular weight excluding hydrogens is 612 g/mol. The highest BCUT2D eigenvalue weighted by molar-refractivity contribution is 5.85. The summed E-state index contributed by atoms with van der Waals surface area (Å²) in [6.45, 7) is 6.22. The number of hydrogen-bond acceptors (Lipinski definition) is 12. The van der Waals surface area contributed by atoms with E-state index >= 15 is 0 Å². The lowest BCUT2D eigenvalue weighted by Gasteiger charge is -2.64. The van der Waals surface area contributed by atoms with Crippen LogP contribution in [-0.2, 0) is 28.5 Å². The molecule has 7 rings (SSSR count). The number of hydrogen-bond donors (Lipinski definition) is 6. The van der Waals surface area contributed by atoms with Crippen LogP contribution in [0.4, 0.5) is 0 Å². The number of rotatable bonds is 6. The minimum atomic E-state index is -1.57. The fourth-order valence-electron chi connectivity index (χ4n) is 11.3. The van der Waals surface area contributed by atoms with Crippen LogP contribution in [0.3, 0.4) is 0 Å². The van der Waals surface area contributed by atoms with Gasteiger partial charge in [-0.05, 0) is 99.4 Å². The maximum absolute atomic E-state index is 12.5. The highest BCUT2D eigenvalue weighted by Gasteiger charge is 2.67. The van der Waals surface area contributed by atoms with E-state index in [0.29, 0.717) is 18.4 Å². The van der Waals surface area contributed by atoms with Crippen LogP contribution in [0.15, 0.2) is 11.6 Å². The highest BCUT2D eigenvalue weighted by atomic mass is 16.7. The molecule has 3 aliphatic heterocycles. The molecule has 7 aliphatic rings. The van der Waals surface area contributed by atoms with E-state index in [0.717, 1.165) is 63.4 Å². The molecule has 0 radical (unpaired) electrons. The Labute approximate surface area is 276 Å². The average molecular weight is 667 g/mol. The zero-order valence-electron chi connectivity index (χ0n) is 27.8. The van der Waals surface area contributed by atoms with Crippen LogP contribution >= 0.6 is 0 Å². The van der Waals surface area contributed by atoms with E-state index in [1.807, 2.05) is 0 Å². The van der Waals surface area contributed by atoms with Gasteiger partial charge in [0.1, 0.15) is 37.1 Å². The molecule has 0 amide bonds. The average Bonchev–Trinajstić information content (AvgIpc) is 3.58. The third-order valence-electron chi connectivity index (χ3n) is 14.1. The van der Waals surface area contributed by atoms with E-state index in [-0.39, 0.29) is 41.2 Å². The third kappa shape index (κ3) is 5.53. The first kappa shape index (κ1) is 34.3. The Morgan fingerprint density at radius 2 is 1.68 bits per heavy atom. The van der Waals surface area contributed by atoms with Gasteiger partial charge in [-0.1, -0.05) is 13.8 Å². The summed E-state index contributed by atoms with van der Waals surface area (Å²) in [5, 5.41) is 63.6. The SMILES string of the molecule is C[C@H]1O[C@@H](O[C@H]2CC[C@@]3(C)[C@H](CC[C@@H]4[C@@H]3CC[C@]3(C)[C@@H](C5=CC(=O)OC5)CC[C@]43O)C2)C[C@H](O)[C@@H]1O[C@@H]1O[C@H](CO)[C@@H](O)[C@H](O)[C@H]1O. The van der Waals surface area contributed by atoms with Crippen LogP contribution in [0.25, 0.3) is 0 Å². The maximum atomic E-state index is 12.5. The lowest BCUT2D eigenvalue weighted by molar-refractivity contribution is -0.344. The van der Waals surface area contributed by atoms with Crippen molar-refractivity contribution in [3.63, 3.8) is 0 Å². The van der Waals surface area contributed by atoms with Gasteiger partial charge in [0.15, 0.2) is 12.6 Å². The smallest absolute Gasteiger partial charge is 0.331 e. The first-order valence-corrected chi connectivity index (χ1v) is 17.8. The molecule has 0 aromatic carbocycles. The zero-order valence-corrected chi connectivity index (χ0v) is 27.8. The Kier molecular flexibility index (Phi) is 9.14. The van der Waals surface area contributed by atoms with Crippen LogP contribution < -0.4 is 0 Å². The van der Waals surface area contributed by atoms with E-state index < -0.39 is 67.5 Å². The zero-order chi connectivity index (χ0) is 33.5. The van der Waals surface area contributed by atoms with Gasteiger partial charge in [0.2, 0.25) is 0 Å². The summed E-state index contributed by atoms with van der Waals surface area (Å²) in [5.74, 6) is 1.06. The van der Waals surface area contributed by atoms with E-state index in [4.69, 9.17) is 23.7 Å². The minimum Gasteiger partial charge on any atom is -0.458 e. The summed E-state index contributed by atoms with van der Waals surface area (Å²) < 4.78 is 29.2. The Balaban J connectivity index is 0.958. The van der Waals surface area contributed by atoms with Crippen molar-refractivity contribution in [1.82, 2.24) is 0 Å². The van der Waals surface area contributed by atoms with Crippen LogP contribution in [0.1, 0.15) is 85.0 Å². The van der Waals surface area contributed by atoms with Gasteiger partial charge in [0.25, 0.3) is 0 Å². The second-order valence-electron chi connectivity index (χ2n) is 16.2. The van der Waals surface area contributed by atoms with Gasteiger partial charge in [-0.2, -0.15) is 0 Å². The van der Waals surface area contributed by atoms with Crippen LogP contribution in [0.5, 0.6) is 0 Å². The van der Waals surface area contributed by atoms with Crippen molar-refractivity contribution in [2.24, 2.45) is 34.5 Å². The van der Waals surface area contributed by atoms with Crippen molar-refractivity contribution in [3.8, 4) is 0 Å². The largest absolute Gasteiger partial charge is 0.458 e. The number of ether oxygens (including phenoxy) is 5. The molecule has 3 heterocycles. The Bertz CT molecular complexity index is 1200. The van der Waals surface area contributed by atoms with Gasteiger partial charge < -0.3 is 54.3 Å². The van der Waals surface area contributed by atoms with Crippen LogP contribution in [0, 0.1) is 34.5 Å². The normalized spacial score (nSPS) is 54.7. The van der Waals surface area contributed by atoms with Crippen molar-refractivity contribution >= 4 is 5.97 Å². The molecule has 266 valence electrons. The number of carbonyl (C=O) groups is 1. The van der Waals surface area contributed by atoms with Crippen molar-refractivity contribution in [3.05, 3.63) is 11.6 Å². The fourth-order valence-corrected chi connectivity index (χ4v) is 11.3. The minimum absolute atomic E-state index is 0.0171. The molecule has 2 saturated heterocycles. The molecule has 0 aromatic rings. The Morgan fingerprint density at radius 3 is 2.38 bits per heavy atom. The molecular formula is C35H54O12. The number of aliphatic hydroxyl groups excluding tert-OH is 5. The molecule has 4 saturated carbocycles. The standard InChI is InChI=1S/C35H54O12/c1-17-31(47-32-30(41)29(40)28(39)25(15-36)46-32)24(37)14-27(44-17)45-20-6-9-33(2)19(13-20)4-5-23-22(33)7-10-34(3)21(8-11-35(23,34)42)18-12-26(38)43-16-18/h12,17,19-25,27-32,36-37,39-42H,4-11,13-16H2,1-3H3/t17-,19-,20+,21-,22+,23-,24+,25-,27+,28-,29+,30-,31-,32+,33+,34-,35+/m1/s1. The molecule has 0 spiro atoms. The van der Waals surface area contributed by atoms with Crippen molar-refractivity contribution in [2.45, 2.75) is 152 Å². The van der Waals surface area contributed by atoms with Crippen molar-refractivity contribution in [1.29, 1.82) is 0 Å². The molecule has 4 aliphatic carbocycles. The second kappa shape index (κ2) is 12.5. The van der Waals surface area contributed by atoms with E-state index in [9.17, 15) is 35.4 Å². The first-order valence-electron chi connectivity index (χ1n) is 17.8. The molecule has 0 bridgehead atoms. The summed E-state index contributed by atoms with van der Waals surface area (Å²) in [6.07, 6.45) is 0.0861. The lowest BCUT2D eigenvalue weighted by Crippen LogP contribution is -2.62. The fraction of sp³-hybridized carbons (Fsp3) is 0.914. The predicted molar refractivity (Wildman–Crippen MR) is 164 cm³/mol. The Morgan fingerprint density at radius 1 is 0.894 bits per heavy atom. The number of aliphatic hydroxyl groups is 6. The van der Waals surface area contributed by atoms with Crippen LogP contribution in [-0.4, -0.2) is 117 Å². The highest BCUT2D eigenvalue weighted by Crippen LogP contribution is 2.70. The van der Waals surface area contributed by atoms with Gasteiger partial charge in [-0.15, -0.1) is 0 Å². The number of esters is 1. The molecule has 6 fully saturated rings. The van der Waals surface area contributed by atoms with Crippen molar-refractivity contribution in [2.75, 3.05) is 13.2 Å².